The van der Waals surface area contributed by atoms with Crippen LogP contribution >= 0.6 is 0 Å². The van der Waals surface area contributed by atoms with Crippen LogP contribution in [0.15, 0.2) is 70.1 Å². The Morgan fingerprint density at radius 3 is 2.59 bits per heavy atom. The first kappa shape index (κ1) is 20.9. The van der Waals surface area contributed by atoms with E-state index >= 15 is 0 Å². The molecule has 9 heteroatoms. The van der Waals surface area contributed by atoms with Gasteiger partial charge in [0.1, 0.15) is 11.3 Å². The van der Waals surface area contributed by atoms with Gasteiger partial charge in [-0.2, -0.15) is 5.10 Å². The van der Waals surface area contributed by atoms with Crippen molar-refractivity contribution >= 4 is 22.9 Å². The van der Waals surface area contributed by atoms with Gasteiger partial charge in [0, 0.05) is 13.0 Å². The first-order chi connectivity index (χ1) is 15.5. The molecule has 0 amide bonds. The van der Waals surface area contributed by atoms with Crippen molar-refractivity contribution in [3.63, 3.8) is 0 Å². The van der Waals surface area contributed by atoms with Gasteiger partial charge in [-0.15, -0.1) is 0 Å². The molecule has 0 unspecified atom stereocenters. The van der Waals surface area contributed by atoms with Crippen LogP contribution in [0, 0.1) is 0 Å². The lowest BCUT2D eigenvalue weighted by molar-refractivity contribution is -0.131. The lowest BCUT2D eigenvalue weighted by Gasteiger charge is -2.10. The molecule has 4 rings (SSSR count). The molecule has 2 aromatic heterocycles. The van der Waals surface area contributed by atoms with E-state index in [0.29, 0.717) is 0 Å². The molecule has 0 saturated carbocycles. The van der Waals surface area contributed by atoms with Crippen molar-refractivity contribution in [3.05, 3.63) is 76.9 Å². The number of carbonyl (C=O) groups excluding carboxylic acids is 2. The summed E-state index contributed by atoms with van der Waals surface area (Å²) in [6, 6.07) is 13.5. The zero-order valence-electron chi connectivity index (χ0n) is 17.2. The molecule has 0 fully saturated rings. The van der Waals surface area contributed by atoms with E-state index in [1.54, 1.807) is 17.8 Å². The van der Waals surface area contributed by atoms with Crippen molar-refractivity contribution in [1.29, 1.82) is 0 Å². The number of benzene rings is 2. The molecular weight excluding hydrogens is 416 g/mol. The minimum absolute atomic E-state index is 0.0455. The van der Waals surface area contributed by atoms with E-state index in [4.69, 9.17) is 18.6 Å². The topological polar surface area (TPSA) is 110 Å². The van der Waals surface area contributed by atoms with Gasteiger partial charge >= 0.3 is 11.9 Å². The van der Waals surface area contributed by atoms with E-state index in [-0.39, 0.29) is 34.8 Å². The van der Waals surface area contributed by atoms with Crippen molar-refractivity contribution in [3.8, 4) is 22.9 Å². The normalized spacial score (nSPS) is 10.7. The molecule has 0 aliphatic carbocycles. The lowest BCUT2D eigenvalue weighted by Crippen LogP contribution is -2.14. The maximum absolute atomic E-state index is 13.1. The number of para-hydroxylation sites is 1. The second-order valence-corrected chi connectivity index (χ2v) is 6.62. The standard InChI is InChI=1S/C23H18N2O7/c1-3-29-23(28)22-21(31-17-12-24-25(13-17)15-7-5-4-6-8-15)20(27)18-10-9-16(30-14(2)26)11-19(18)32-22/h4-13H,3H2,1-2H3. The van der Waals surface area contributed by atoms with Crippen molar-refractivity contribution in [2.45, 2.75) is 13.8 Å². The molecular formula is C23H18N2O7. The van der Waals surface area contributed by atoms with Crippen LogP contribution in [0.25, 0.3) is 16.7 Å². The van der Waals surface area contributed by atoms with E-state index in [9.17, 15) is 14.4 Å². The number of esters is 2. The molecule has 0 saturated heterocycles. The van der Waals surface area contributed by atoms with E-state index < -0.39 is 23.1 Å². The van der Waals surface area contributed by atoms with Crippen LogP contribution in [0.3, 0.4) is 0 Å². The highest BCUT2D eigenvalue weighted by atomic mass is 16.6. The SMILES string of the molecule is CCOC(=O)c1oc2cc(OC(C)=O)ccc2c(=O)c1Oc1cnn(-c2ccccc2)c1. The fourth-order valence-electron chi connectivity index (χ4n) is 3.01. The summed E-state index contributed by atoms with van der Waals surface area (Å²) in [5, 5.41) is 4.36. The predicted molar refractivity (Wildman–Crippen MR) is 113 cm³/mol. The van der Waals surface area contributed by atoms with Gasteiger partial charge < -0.3 is 18.6 Å². The molecule has 0 aliphatic heterocycles. The Morgan fingerprint density at radius 1 is 1.09 bits per heavy atom. The van der Waals surface area contributed by atoms with Gasteiger partial charge in [-0.05, 0) is 31.2 Å². The molecule has 0 spiro atoms. The number of hydrogen-bond donors (Lipinski definition) is 0. The molecule has 162 valence electrons. The Morgan fingerprint density at radius 2 is 1.88 bits per heavy atom. The molecule has 4 aromatic rings. The van der Waals surface area contributed by atoms with Gasteiger partial charge in [0.15, 0.2) is 5.75 Å². The highest BCUT2D eigenvalue weighted by Crippen LogP contribution is 2.29. The van der Waals surface area contributed by atoms with Gasteiger partial charge in [0.2, 0.25) is 11.2 Å². The van der Waals surface area contributed by atoms with Crippen molar-refractivity contribution in [2.75, 3.05) is 6.61 Å². The molecule has 0 N–H and O–H groups in total. The first-order valence-corrected chi connectivity index (χ1v) is 9.70. The second kappa shape index (κ2) is 8.76. The van der Waals surface area contributed by atoms with E-state index in [2.05, 4.69) is 5.10 Å². The number of rotatable bonds is 6. The third-order valence-electron chi connectivity index (χ3n) is 4.34. The number of ether oxygens (including phenoxy) is 3. The smallest absolute Gasteiger partial charge is 0.378 e. The number of aromatic nitrogens is 2. The zero-order valence-corrected chi connectivity index (χ0v) is 17.2. The summed E-state index contributed by atoms with van der Waals surface area (Å²) in [4.78, 5) is 36.9. The maximum atomic E-state index is 13.1. The third kappa shape index (κ3) is 4.22. The Labute approximate surface area is 181 Å². The average molecular weight is 434 g/mol. The van der Waals surface area contributed by atoms with Crippen LogP contribution in [0.4, 0.5) is 0 Å². The van der Waals surface area contributed by atoms with Gasteiger partial charge in [0.25, 0.3) is 5.76 Å². The Hall–Kier alpha value is -4.40. The summed E-state index contributed by atoms with van der Waals surface area (Å²) in [5.74, 6) is -1.74. The van der Waals surface area contributed by atoms with Crippen molar-refractivity contribution in [1.82, 2.24) is 9.78 Å². The summed E-state index contributed by atoms with van der Waals surface area (Å²) in [7, 11) is 0. The Bertz CT molecular complexity index is 1360. The third-order valence-corrected chi connectivity index (χ3v) is 4.34. The minimum atomic E-state index is -0.866. The maximum Gasteiger partial charge on any atom is 0.378 e. The zero-order chi connectivity index (χ0) is 22.7. The molecule has 0 radical (unpaired) electrons. The van der Waals surface area contributed by atoms with E-state index in [1.165, 1.54) is 31.3 Å². The van der Waals surface area contributed by atoms with Crippen LogP contribution in [0.1, 0.15) is 24.4 Å². The quantitative estimate of drug-likeness (QED) is 0.332. The van der Waals surface area contributed by atoms with Gasteiger partial charge in [-0.25, -0.2) is 9.48 Å². The molecule has 9 nitrogen and oxygen atoms in total. The molecule has 32 heavy (non-hydrogen) atoms. The lowest BCUT2D eigenvalue weighted by atomic mass is 10.2. The largest absolute Gasteiger partial charge is 0.460 e. The molecule has 2 aromatic carbocycles. The number of hydrogen-bond acceptors (Lipinski definition) is 8. The van der Waals surface area contributed by atoms with Crippen molar-refractivity contribution in [2.24, 2.45) is 0 Å². The van der Waals surface area contributed by atoms with Crippen LogP contribution < -0.4 is 14.9 Å². The first-order valence-electron chi connectivity index (χ1n) is 9.70. The second-order valence-electron chi connectivity index (χ2n) is 6.62. The summed E-state index contributed by atoms with van der Waals surface area (Å²) < 4.78 is 23.0. The molecule has 0 bridgehead atoms. The predicted octanol–water partition coefficient (Wildman–Crippen LogP) is 3.87. The number of nitrogens with zero attached hydrogens (tertiary/aromatic N) is 2. The van der Waals surface area contributed by atoms with E-state index in [1.807, 2.05) is 30.3 Å². The Kier molecular flexibility index (Phi) is 5.71. The number of carbonyl (C=O) groups is 2. The molecule has 2 heterocycles. The summed E-state index contributed by atoms with van der Waals surface area (Å²) in [5.41, 5.74) is 0.247. The Balaban J connectivity index is 1.78. The summed E-state index contributed by atoms with van der Waals surface area (Å²) >= 11 is 0. The van der Waals surface area contributed by atoms with Gasteiger partial charge in [0.05, 0.1) is 30.1 Å². The van der Waals surface area contributed by atoms with Crippen molar-refractivity contribution < 1.29 is 28.2 Å². The van der Waals surface area contributed by atoms with Gasteiger partial charge in [-0.3, -0.25) is 9.59 Å². The highest BCUT2D eigenvalue weighted by molar-refractivity contribution is 5.93. The summed E-state index contributed by atoms with van der Waals surface area (Å²) in [6.45, 7) is 2.94. The van der Waals surface area contributed by atoms with Crippen LogP contribution in [0.2, 0.25) is 0 Å². The van der Waals surface area contributed by atoms with E-state index in [0.717, 1.165) is 5.69 Å². The molecule has 0 atom stereocenters. The molecule has 0 aliphatic rings. The fraction of sp³-hybridized carbons (Fsp3) is 0.130. The van der Waals surface area contributed by atoms with Gasteiger partial charge in [-0.1, -0.05) is 18.2 Å². The van der Waals surface area contributed by atoms with Crippen LogP contribution in [0.5, 0.6) is 17.2 Å². The highest BCUT2D eigenvalue weighted by Gasteiger charge is 2.25. The monoisotopic (exact) mass is 434 g/mol. The van der Waals surface area contributed by atoms with Crippen LogP contribution in [-0.4, -0.2) is 28.3 Å². The fourth-order valence-corrected chi connectivity index (χ4v) is 3.01. The number of fused-ring (bicyclic) bond motifs is 1. The van der Waals surface area contributed by atoms with Crippen LogP contribution in [-0.2, 0) is 9.53 Å². The summed E-state index contributed by atoms with van der Waals surface area (Å²) in [6.07, 6.45) is 2.98. The minimum Gasteiger partial charge on any atom is -0.460 e. The average Bonchev–Trinajstić information content (AvgIpc) is 3.24.